The fourth-order valence-electron chi connectivity index (χ4n) is 6.52. The highest BCUT2D eigenvalue weighted by atomic mass is 16.4. The van der Waals surface area contributed by atoms with Gasteiger partial charge in [0, 0.05) is 5.92 Å². The highest BCUT2D eigenvalue weighted by Crippen LogP contribution is 2.59. The van der Waals surface area contributed by atoms with Crippen LogP contribution >= 0.6 is 0 Å². The Morgan fingerprint density at radius 1 is 1.21 bits per heavy atom. The van der Waals surface area contributed by atoms with Crippen molar-refractivity contribution in [1.29, 1.82) is 0 Å². The average molecular weight is 449 g/mol. The van der Waals surface area contributed by atoms with Gasteiger partial charge >= 0.3 is 0 Å². The first kappa shape index (κ1) is 24.1. The van der Waals surface area contributed by atoms with Crippen molar-refractivity contribution >= 4 is 0 Å². The molecule has 0 radical (unpaired) electrons. The average Bonchev–Trinajstić information content (AvgIpc) is 3.37. The van der Waals surface area contributed by atoms with Crippen molar-refractivity contribution in [3.8, 4) is 11.8 Å². The van der Waals surface area contributed by atoms with E-state index in [1.54, 1.807) is 19.4 Å². The summed E-state index contributed by atoms with van der Waals surface area (Å²) in [4.78, 5) is 0. The number of aliphatic hydroxyl groups is 2. The number of fused-ring (bicyclic) bond motifs is 1. The lowest BCUT2D eigenvalue weighted by Gasteiger charge is -2.43. The molecule has 0 spiro atoms. The highest BCUT2D eigenvalue weighted by Gasteiger charge is 2.50. The van der Waals surface area contributed by atoms with E-state index in [4.69, 9.17) is 4.42 Å². The second kappa shape index (κ2) is 9.32. The van der Waals surface area contributed by atoms with Gasteiger partial charge in [-0.15, -0.1) is 0 Å². The maximum absolute atomic E-state index is 10.1. The van der Waals surface area contributed by atoms with Crippen LogP contribution < -0.4 is 0 Å². The molecule has 1 aromatic heterocycles. The van der Waals surface area contributed by atoms with E-state index >= 15 is 0 Å². The van der Waals surface area contributed by atoms with Gasteiger partial charge in [-0.3, -0.25) is 0 Å². The molecule has 0 saturated heterocycles. The van der Waals surface area contributed by atoms with Crippen LogP contribution in [0.25, 0.3) is 0 Å². The summed E-state index contributed by atoms with van der Waals surface area (Å²) >= 11 is 0. The minimum absolute atomic E-state index is 0.222. The summed E-state index contributed by atoms with van der Waals surface area (Å²) in [6, 6.07) is 3.67. The summed E-state index contributed by atoms with van der Waals surface area (Å²) in [5.41, 5.74) is 3.29. The molecular weight excluding hydrogens is 408 g/mol. The third kappa shape index (κ3) is 5.08. The van der Waals surface area contributed by atoms with Crippen LogP contribution in [0.1, 0.15) is 90.6 Å². The number of allylic oxidation sites excluding steroid dienone is 4. The Balaban J connectivity index is 1.50. The van der Waals surface area contributed by atoms with E-state index in [2.05, 4.69) is 44.4 Å². The van der Waals surface area contributed by atoms with Gasteiger partial charge in [0.25, 0.3) is 0 Å². The monoisotopic (exact) mass is 448 g/mol. The van der Waals surface area contributed by atoms with Gasteiger partial charge in [-0.25, -0.2) is 0 Å². The summed E-state index contributed by atoms with van der Waals surface area (Å²) in [7, 11) is 0. The van der Waals surface area contributed by atoms with Crippen LogP contribution in [0.2, 0.25) is 0 Å². The second-order valence-corrected chi connectivity index (χ2v) is 11.3. The molecule has 0 unspecified atom stereocenters. The lowest BCUT2D eigenvalue weighted by atomic mass is 9.61. The zero-order chi connectivity index (χ0) is 23.8. The van der Waals surface area contributed by atoms with Gasteiger partial charge < -0.3 is 14.6 Å². The maximum Gasteiger partial charge on any atom is 0.177 e. The molecule has 0 aromatic carbocycles. The molecule has 178 valence electrons. The molecule has 0 amide bonds. The maximum atomic E-state index is 10.1. The number of hydrogen-bond donors (Lipinski definition) is 2. The van der Waals surface area contributed by atoms with E-state index in [0.717, 1.165) is 19.3 Å². The molecule has 1 heterocycles. The van der Waals surface area contributed by atoms with Crippen molar-refractivity contribution in [3.63, 3.8) is 0 Å². The SMILES string of the molecule is C=C1CC[C@H](O)C/C1=C/C=C1\CCC[C@]2(C)[C@@H]([C@H](C)C#Cc3ccc(C(C)(C)O)o3)CC[C@@H]12. The predicted octanol–water partition coefficient (Wildman–Crippen LogP) is 6.66. The Labute approximate surface area is 199 Å². The quantitative estimate of drug-likeness (QED) is 0.508. The van der Waals surface area contributed by atoms with Gasteiger partial charge in [-0.05, 0) is 106 Å². The Bertz CT molecular complexity index is 1010. The molecule has 33 heavy (non-hydrogen) atoms. The number of aliphatic hydroxyl groups excluding tert-OH is 1. The minimum atomic E-state index is -0.986. The molecular formula is C30H40O3. The Hall–Kier alpha value is -2.02. The minimum Gasteiger partial charge on any atom is -0.450 e. The third-order valence-electron chi connectivity index (χ3n) is 8.46. The van der Waals surface area contributed by atoms with Crippen molar-refractivity contribution in [2.24, 2.45) is 23.2 Å². The zero-order valence-corrected chi connectivity index (χ0v) is 20.8. The van der Waals surface area contributed by atoms with Gasteiger partial charge in [0.15, 0.2) is 5.76 Å². The van der Waals surface area contributed by atoms with Crippen LogP contribution in [0.3, 0.4) is 0 Å². The first-order chi connectivity index (χ1) is 15.6. The third-order valence-corrected chi connectivity index (χ3v) is 8.46. The molecule has 2 N–H and O–H groups in total. The van der Waals surface area contributed by atoms with E-state index in [1.165, 1.54) is 43.3 Å². The van der Waals surface area contributed by atoms with E-state index in [1.807, 2.05) is 12.1 Å². The summed E-state index contributed by atoms with van der Waals surface area (Å²) in [6.07, 6.45) is 13.0. The van der Waals surface area contributed by atoms with Gasteiger partial charge in [0.2, 0.25) is 0 Å². The van der Waals surface area contributed by atoms with Gasteiger partial charge in [0.1, 0.15) is 11.4 Å². The molecule has 4 rings (SSSR count). The summed E-state index contributed by atoms with van der Waals surface area (Å²) in [5.74, 6) is 9.37. The molecule has 3 heteroatoms. The van der Waals surface area contributed by atoms with Gasteiger partial charge in [-0.2, -0.15) is 0 Å². The molecule has 3 nitrogen and oxygen atoms in total. The van der Waals surface area contributed by atoms with Crippen molar-refractivity contribution in [3.05, 3.63) is 59.1 Å². The van der Waals surface area contributed by atoms with Crippen LogP contribution in [-0.2, 0) is 5.60 Å². The Morgan fingerprint density at radius 3 is 2.73 bits per heavy atom. The normalized spacial score (nSPS) is 33.6. The van der Waals surface area contributed by atoms with Crippen LogP contribution in [-0.4, -0.2) is 16.3 Å². The van der Waals surface area contributed by atoms with Crippen molar-refractivity contribution in [2.75, 3.05) is 0 Å². The molecule has 3 aliphatic carbocycles. The summed E-state index contributed by atoms with van der Waals surface area (Å²) in [6.45, 7) is 12.4. The highest BCUT2D eigenvalue weighted by molar-refractivity contribution is 5.36. The van der Waals surface area contributed by atoms with Crippen LogP contribution in [0.15, 0.2) is 52.0 Å². The standard InChI is InChI=1S/C30H40O3/c1-20-8-12-24(31)19-23(20)11-10-22-7-6-18-30(5)26(15-16-27(22)30)21(2)9-13-25-14-17-28(33-25)29(3,4)32/h10-11,14,17,21,24,26-27,31-32H,1,6-8,12,15-16,18-19H2,2-5H3/b22-10+,23-11-/t21-,24+,26-,27+,30-/m1/s1. The lowest BCUT2D eigenvalue weighted by Crippen LogP contribution is -2.35. The fraction of sp³-hybridized carbons (Fsp3) is 0.600. The van der Waals surface area contributed by atoms with Crippen molar-refractivity contribution < 1.29 is 14.6 Å². The number of rotatable bonds is 3. The lowest BCUT2D eigenvalue weighted by molar-refractivity contribution is 0.0538. The summed E-state index contributed by atoms with van der Waals surface area (Å²) in [5, 5.41) is 20.2. The second-order valence-electron chi connectivity index (χ2n) is 11.3. The number of furan rings is 1. The number of hydrogen-bond acceptors (Lipinski definition) is 3. The van der Waals surface area contributed by atoms with Gasteiger partial charge in [0.05, 0.1) is 6.10 Å². The Morgan fingerprint density at radius 2 is 2.00 bits per heavy atom. The largest absolute Gasteiger partial charge is 0.450 e. The smallest absolute Gasteiger partial charge is 0.177 e. The van der Waals surface area contributed by atoms with E-state index in [-0.39, 0.29) is 11.5 Å². The van der Waals surface area contributed by atoms with E-state index in [9.17, 15) is 10.2 Å². The van der Waals surface area contributed by atoms with Crippen molar-refractivity contribution in [2.45, 2.75) is 90.8 Å². The van der Waals surface area contributed by atoms with E-state index < -0.39 is 5.60 Å². The van der Waals surface area contributed by atoms with Crippen LogP contribution in [0, 0.1) is 35.0 Å². The molecule has 3 fully saturated rings. The van der Waals surface area contributed by atoms with Crippen molar-refractivity contribution in [1.82, 2.24) is 0 Å². The first-order valence-corrected chi connectivity index (χ1v) is 12.7. The summed E-state index contributed by atoms with van der Waals surface area (Å²) < 4.78 is 5.75. The molecule has 0 bridgehead atoms. The molecule has 3 aliphatic rings. The molecule has 1 aromatic rings. The van der Waals surface area contributed by atoms with Crippen LogP contribution in [0.4, 0.5) is 0 Å². The molecule has 3 saturated carbocycles. The Kier molecular flexibility index (Phi) is 6.81. The predicted molar refractivity (Wildman–Crippen MR) is 133 cm³/mol. The van der Waals surface area contributed by atoms with Gasteiger partial charge in [-0.1, -0.05) is 49.6 Å². The zero-order valence-electron chi connectivity index (χ0n) is 20.8. The topological polar surface area (TPSA) is 53.6 Å². The molecule has 5 atom stereocenters. The molecule has 0 aliphatic heterocycles. The van der Waals surface area contributed by atoms with Crippen LogP contribution in [0.5, 0.6) is 0 Å². The fourth-order valence-corrected chi connectivity index (χ4v) is 6.52. The van der Waals surface area contributed by atoms with E-state index in [0.29, 0.717) is 29.3 Å². The first-order valence-electron chi connectivity index (χ1n) is 12.7.